The number of esters is 1. The number of allylic oxidation sites excluding steroid dienone is 2. The number of aryl methyl sites for hydroxylation is 2. The fourth-order valence-corrected chi connectivity index (χ4v) is 2.22. The van der Waals surface area contributed by atoms with Gasteiger partial charge >= 0.3 is 5.97 Å². The molecule has 0 fully saturated rings. The molecule has 108 valence electrons. The van der Waals surface area contributed by atoms with Gasteiger partial charge in [-0.25, -0.2) is 4.79 Å². The predicted octanol–water partition coefficient (Wildman–Crippen LogP) is 4.79. The molecule has 0 radical (unpaired) electrons. The quantitative estimate of drug-likeness (QED) is 0.453. The molecule has 1 rings (SSSR count). The molecule has 0 aliphatic carbocycles. The molecule has 0 aliphatic heterocycles. The molecule has 0 spiro atoms. The minimum Gasteiger partial charge on any atom is -0.463 e. The van der Waals surface area contributed by atoms with E-state index >= 15 is 0 Å². The van der Waals surface area contributed by atoms with Gasteiger partial charge in [-0.15, -0.1) is 0 Å². The van der Waals surface area contributed by atoms with Crippen LogP contribution in [0, 0.1) is 20.8 Å². The van der Waals surface area contributed by atoms with Crippen LogP contribution in [0.25, 0.3) is 6.08 Å². The molecule has 0 bridgehead atoms. The van der Waals surface area contributed by atoms with Crippen molar-refractivity contribution < 1.29 is 9.53 Å². The molecule has 0 aromatic heterocycles. The van der Waals surface area contributed by atoms with Gasteiger partial charge in [0, 0.05) is 11.1 Å². The van der Waals surface area contributed by atoms with Crippen molar-refractivity contribution in [2.45, 2.75) is 34.6 Å². The molecule has 0 saturated heterocycles. The number of benzene rings is 1. The average molecular weight is 293 g/mol. The maximum atomic E-state index is 11.3. The number of carbonyl (C=O) groups is 1. The number of halogens is 1. The molecule has 1 aromatic rings. The Labute approximate surface area is 126 Å². The summed E-state index contributed by atoms with van der Waals surface area (Å²) < 4.78 is 4.88. The Balaban J connectivity index is 3.02. The Morgan fingerprint density at radius 2 is 1.95 bits per heavy atom. The number of rotatable bonds is 4. The lowest BCUT2D eigenvalue weighted by molar-refractivity contribution is -0.137. The lowest BCUT2D eigenvalue weighted by atomic mass is 9.98. The van der Waals surface area contributed by atoms with Gasteiger partial charge in [0.25, 0.3) is 0 Å². The molecule has 0 saturated carbocycles. The van der Waals surface area contributed by atoms with Crippen molar-refractivity contribution in [2.75, 3.05) is 6.61 Å². The van der Waals surface area contributed by atoms with Gasteiger partial charge in [0.15, 0.2) is 0 Å². The van der Waals surface area contributed by atoms with Gasteiger partial charge in [-0.1, -0.05) is 29.8 Å². The summed E-state index contributed by atoms with van der Waals surface area (Å²) in [5, 5.41) is 0.794. The summed E-state index contributed by atoms with van der Waals surface area (Å²) in [7, 11) is 0. The van der Waals surface area contributed by atoms with Gasteiger partial charge in [-0.05, 0) is 62.4 Å². The second-order valence-electron chi connectivity index (χ2n) is 4.84. The first-order valence-corrected chi connectivity index (χ1v) is 7.04. The zero-order chi connectivity index (χ0) is 15.3. The number of hydrogen-bond donors (Lipinski definition) is 0. The van der Waals surface area contributed by atoms with Gasteiger partial charge in [-0.2, -0.15) is 0 Å². The van der Waals surface area contributed by atoms with Crippen molar-refractivity contribution in [3.8, 4) is 0 Å². The van der Waals surface area contributed by atoms with Gasteiger partial charge in [0.1, 0.15) is 0 Å². The summed E-state index contributed by atoms with van der Waals surface area (Å²) in [6.07, 6.45) is 5.37. The lowest BCUT2D eigenvalue weighted by Crippen LogP contribution is -1.99. The van der Waals surface area contributed by atoms with Crippen LogP contribution in [0.1, 0.15) is 36.1 Å². The summed E-state index contributed by atoms with van der Waals surface area (Å²) in [6.45, 7) is 10.1. The highest BCUT2D eigenvalue weighted by Gasteiger charge is 2.07. The SMILES string of the molecule is CCOC(=O)C=C(C)C=Cc1c(C)cc(C)c(Cl)c1C. The van der Waals surface area contributed by atoms with Gasteiger partial charge in [-0.3, -0.25) is 0 Å². The van der Waals surface area contributed by atoms with Crippen molar-refractivity contribution >= 4 is 23.6 Å². The number of hydrogen-bond acceptors (Lipinski definition) is 2. The molecule has 0 unspecified atom stereocenters. The molecule has 0 heterocycles. The van der Waals surface area contributed by atoms with Crippen LogP contribution in [-0.2, 0) is 9.53 Å². The van der Waals surface area contributed by atoms with Crippen molar-refractivity contribution in [1.82, 2.24) is 0 Å². The second-order valence-corrected chi connectivity index (χ2v) is 5.21. The smallest absolute Gasteiger partial charge is 0.330 e. The predicted molar refractivity (Wildman–Crippen MR) is 85.1 cm³/mol. The van der Waals surface area contributed by atoms with E-state index in [9.17, 15) is 4.79 Å². The summed E-state index contributed by atoms with van der Waals surface area (Å²) in [5.74, 6) is -0.315. The monoisotopic (exact) mass is 292 g/mol. The molecule has 2 nitrogen and oxygen atoms in total. The van der Waals surface area contributed by atoms with Crippen molar-refractivity contribution in [1.29, 1.82) is 0 Å². The minimum absolute atomic E-state index is 0.315. The van der Waals surface area contributed by atoms with Crippen LogP contribution in [0.2, 0.25) is 5.02 Å². The van der Waals surface area contributed by atoms with E-state index in [-0.39, 0.29) is 5.97 Å². The fourth-order valence-electron chi connectivity index (χ4n) is 2.06. The van der Waals surface area contributed by atoms with Crippen LogP contribution in [0.15, 0.2) is 23.8 Å². The van der Waals surface area contributed by atoms with Crippen LogP contribution in [0.3, 0.4) is 0 Å². The van der Waals surface area contributed by atoms with Crippen LogP contribution < -0.4 is 0 Å². The Kier molecular flexibility index (Phi) is 6.03. The molecule has 0 aliphatic rings. The molecular weight excluding hydrogens is 272 g/mol. The highest BCUT2D eigenvalue weighted by atomic mass is 35.5. The molecule has 0 N–H and O–H groups in total. The summed E-state index contributed by atoms with van der Waals surface area (Å²) in [4.78, 5) is 11.3. The number of carbonyl (C=O) groups excluding carboxylic acids is 1. The summed E-state index contributed by atoms with van der Waals surface area (Å²) in [6, 6.07) is 2.07. The molecular formula is C17H21ClO2. The molecule has 20 heavy (non-hydrogen) atoms. The third kappa shape index (κ3) is 4.24. The first-order chi connectivity index (χ1) is 9.36. The standard InChI is InChI=1S/C17H21ClO2/c1-6-20-16(19)9-11(2)7-8-15-12(3)10-13(4)17(18)14(15)5/h7-10H,6H2,1-5H3. The van der Waals surface area contributed by atoms with Crippen molar-refractivity contribution in [3.05, 3.63) is 51.1 Å². The topological polar surface area (TPSA) is 26.3 Å². The third-order valence-corrected chi connectivity index (χ3v) is 3.66. The molecule has 0 amide bonds. The first kappa shape index (κ1) is 16.5. The first-order valence-electron chi connectivity index (χ1n) is 6.66. The summed E-state index contributed by atoms with van der Waals surface area (Å²) >= 11 is 6.27. The fraction of sp³-hybridized carbons (Fsp3) is 0.353. The van der Waals surface area contributed by atoms with E-state index in [1.54, 1.807) is 6.92 Å². The van der Waals surface area contributed by atoms with Crippen LogP contribution in [-0.4, -0.2) is 12.6 Å². The maximum Gasteiger partial charge on any atom is 0.330 e. The highest BCUT2D eigenvalue weighted by molar-refractivity contribution is 6.32. The van der Waals surface area contributed by atoms with E-state index in [1.165, 1.54) is 11.6 Å². The number of ether oxygens (including phenoxy) is 1. The molecule has 1 aromatic carbocycles. The van der Waals surface area contributed by atoms with Gasteiger partial charge < -0.3 is 4.74 Å². The van der Waals surface area contributed by atoms with Crippen LogP contribution >= 0.6 is 11.6 Å². The van der Waals surface area contributed by atoms with Crippen molar-refractivity contribution in [2.24, 2.45) is 0 Å². The molecule has 0 atom stereocenters. The molecule has 3 heteroatoms. The van der Waals surface area contributed by atoms with Crippen LogP contribution in [0.4, 0.5) is 0 Å². The minimum atomic E-state index is -0.315. The normalized spacial score (nSPS) is 12.0. The Bertz CT molecular complexity index is 569. The lowest BCUT2D eigenvalue weighted by Gasteiger charge is -2.10. The van der Waals surface area contributed by atoms with Gasteiger partial charge in [0.05, 0.1) is 6.61 Å². The zero-order valence-electron chi connectivity index (χ0n) is 12.7. The van der Waals surface area contributed by atoms with E-state index in [4.69, 9.17) is 16.3 Å². The Morgan fingerprint density at radius 1 is 1.30 bits per heavy atom. The van der Waals surface area contributed by atoms with E-state index in [1.807, 2.05) is 32.9 Å². The Hall–Kier alpha value is -1.54. The van der Waals surface area contributed by atoms with Crippen LogP contribution in [0.5, 0.6) is 0 Å². The summed E-state index contributed by atoms with van der Waals surface area (Å²) in [5.41, 5.74) is 5.25. The maximum absolute atomic E-state index is 11.3. The Morgan fingerprint density at radius 3 is 2.55 bits per heavy atom. The second kappa shape index (κ2) is 7.30. The van der Waals surface area contributed by atoms with Crippen molar-refractivity contribution in [3.63, 3.8) is 0 Å². The van der Waals surface area contributed by atoms with Gasteiger partial charge in [0.2, 0.25) is 0 Å². The largest absolute Gasteiger partial charge is 0.463 e. The van der Waals surface area contributed by atoms with E-state index in [2.05, 4.69) is 13.0 Å². The third-order valence-electron chi connectivity index (χ3n) is 3.08. The zero-order valence-corrected chi connectivity index (χ0v) is 13.5. The van der Waals surface area contributed by atoms with E-state index in [0.717, 1.165) is 27.3 Å². The average Bonchev–Trinajstić information content (AvgIpc) is 2.36. The highest BCUT2D eigenvalue weighted by Crippen LogP contribution is 2.27. The van der Waals surface area contributed by atoms with E-state index < -0.39 is 0 Å². The van der Waals surface area contributed by atoms with E-state index in [0.29, 0.717) is 6.61 Å².